The first-order valence-corrected chi connectivity index (χ1v) is 9.20. The summed E-state index contributed by atoms with van der Waals surface area (Å²) in [6.07, 6.45) is 0.151. The monoisotopic (exact) mass is 420 g/mol. The number of nitrogens with zero attached hydrogens (tertiary/aromatic N) is 2. The number of carbonyl (C=O) groups excluding carboxylic acids is 3. The second kappa shape index (κ2) is 8.62. The molecule has 10 nitrogen and oxygen atoms in total. The zero-order chi connectivity index (χ0) is 19.8. The van der Waals surface area contributed by atoms with Crippen molar-refractivity contribution in [3.8, 4) is 0 Å². The van der Waals surface area contributed by atoms with Crippen LogP contribution in [0.1, 0.15) is 5.56 Å². The van der Waals surface area contributed by atoms with E-state index in [4.69, 9.17) is 4.74 Å². The number of ether oxygens (including phenoxy) is 2. The van der Waals surface area contributed by atoms with E-state index < -0.39 is 40.4 Å². The number of esters is 1. The third kappa shape index (κ3) is 4.23. The van der Waals surface area contributed by atoms with Gasteiger partial charge in [0.25, 0.3) is 5.91 Å². The molecule has 0 radical (unpaired) electrons. The summed E-state index contributed by atoms with van der Waals surface area (Å²) in [5, 5.41) is 0. The average molecular weight is 420 g/mol. The van der Waals surface area contributed by atoms with Crippen LogP contribution < -0.4 is 0 Å². The van der Waals surface area contributed by atoms with Gasteiger partial charge in [0.15, 0.2) is 0 Å². The van der Waals surface area contributed by atoms with Gasteiger partial charge in [0.05, 0.1) is 7.11 Å². The number of amides is 2. The Bertz CT molecular complexity index is 918. The van der Waals surface area contributed by atoms with Crippen LogP contribution in [-0.2, 0) is 36.0 Å². The molecular formula is C16H17N2NaO8S. The van der Waals surface area contributed by atoms with E-state index in [0.717, 1.165) is 23.6 Å². The van der Waals surface area contributed by atoms with E-state index in [1.54, 1.807) is 30.3 Å². The number of hydrogen-bond donors (Lipinski definition) is 1. The molecule has 1 aromatic rings. The first kappa shape index (κ1) is 22.4. The first-order valence-electron chi connectivity index (χ1n) is 7.80. The van der Waals surface area contributed by atoms with E-state index in [1.807, 2.05) is 0 Å². The third-order valence-corrected chi connectivity index (χ3v) is 5.19. The molecule has 0 aliphatic carbocycles. The van der Waals surface area contributed by atoms with E-state index in [-0.39, 0.29) is 52.6 Å². The molecule has 12 heteroatoms. The SMILES string of the molecule is COC(=O)/C=C1\CN(C(=O)OCc2ccccc2)[C@@H]2C(=O)N(S(=O)(=O)O)[C@H]12.[NaH]. The maximum atomic E-state index is 12.4. The number of likely N-dealkylation sites (tertiary alicyclic amines) is 1. The molecule has 0 spiro atoms. The molecule has 2 saturated heterocycles. The Labute approximate surface area is 183 Å². The summed E-state index contributed by atoms with van der Waals surface area (Å²) in [5.41, 5.74) is 0.868. The van der Waals surface area contributed by atoms with E-state index in [2.05, 4.69) is 4.74 Å². The minimum absolute atomic E-state index is 0. The minimum atomic E-state index is -4.84. The molecule has 1 N–H and O–H groups in total. The third-order valence-electron chi connectivity index (χ3n) is 4.28. The molecule has 2 amide bonds. The first-order chi connectivity index (χ1) is 12.7. The number of β-lactam (4-membered cyclic amide) rings is 1. The normalized spacial score (nSPS) is 22.2. The second-order valence-corrected chi connectivity index (χ2v) is 7.20. The van der Waals surface area contributed by atoms with Gasteiger partial charge in [0.2, 0.25) is 0 Å². The van der Waals surface area contributed by atoms with Crippen LogP contribution in [0.3, 0.4) is 0 Å². The molecule has 0 saturated carbocycles. The van der Waals surface area contributed by atoms with Crippen molar-refractivity contribution in [3.63, 3.8) is 0 Å². The van der Waals surface area contributed by atoms with Gasteiger partial charge in [0, 0.05) is 12.6 Å². The van der Waals surface area contributed by atoms with Crippen LogP contribution in [-0.4, -0.2) is 95.4 Å². The van der Waals surface area contributed by atoms with Crippen LogP contribution >= 0.6 is 0 Å². The quantitative estimate of drug-likeness (QED) is 0.226. The topological polar surface area (TPSA) is 131 Å². The van der Waals surface area contributed by atoms with Crippen molar-refractivity contribution in [2.75, 3.05) is 13.7 Å². The summed E-state index contributed by atoms with van der Waals surface area (Å²) < 4.78 is 42.0. The predicted molar refractivity (Wildman–Crippen MR) is 96.6 cm³/mol. The zero-order valence-electron chi connectivity index (χ0n) is 14.1. The standard InChI is InChI=1S/C16H16N2O8S.Na.H/c1-25-12(19)7-11-8-17(14-13(11)18(15(14)20)27(22,23)24)16(21)26-9-10-5-3-2-4-6-10;;/h2-7,13-14H,8-9H2,1H3,(H,22,23,24);;/b11-7+;;/t13-,14+;;/m1../s1. The van der Waals surface area contributed by atoms with Crippen LogP contribution in [0.15, 0.2) is 42.0 Å². The van der Waals surface area contributed by atoms with Gasteiger partial charge in [-0.05, 0) is 11.1 Å². The van der Waals surface area contributed by atoms with E-state index in [0.29, 0.717) is 0 Å². The Morgan fingerprint density at radius 1 is 1.25 bits per heavy atom. The molecule has 2 atom stereocenters. The van der Waals surface area contributed by atoms with Crippen LogP contribution in [0.5, 0.6) is 0 Å². The van der Waals surface area contributed by atoms with Crippen molar-refractivity contribution in [2.24, 2.45) is 0 Å². The summed E-state index contributed by atoms with van der Waals surface area (Å²) in [4.78, 5) is 37.1. The Morgan fingerprint density at radius 3 is 2.46 bits per heavy atom. The summed E-state index contributed by atoms with van der Waals surface area (Å²) in [6.45, 7) is -0.254. The number of benzene rings is 1. The fourth-order valence-corrected chi connectivity index (χ4v) is 3.95. The fourth-order valence-electron chi connectivity index (χ4n) is 3.07. The van der Waals surface area contributed by atoms with Crippen molar-refractivity contribution < 1.29 is 36.8 Å². The molecule has 2 aliphatic heterocycles. The fraction of sp³-hybridized carbons (Fsp3) is 0.312. The molecule has 0 bridgehead atoms. The summed E-state index contributed by atoms with van der Waals surface area (Å²) in [5.74, 6) is -1.76. The van der Waals surface area contributed by atoms with Gasteiger partial charge < -0.3 is 9.47 Å². The summed E-state index contributed by atoms with van der Waals surface area (Å²) in [6, 6.07) is 6.49. The second-order valence-electron chi connectivity index (χ2n) is 5.91. The molecule has 2 fully saturated rings. The van der Waals surface area contributed by atoms with Crippen molar-refractivity contribution in [1.82, 2.24) is 9.21 Å². The van der Waals surface area contributed by atoms with Gasteiger partial charge in [-0.3, -0.25) is 14.2 Å². The van der Waals surface area contributed by atoms with Gasteiger partial charge in [-0.2, -0.15) is 8.42 Å². The number of carbonyl (C=O) groups is 3. The molecule has 2 aliphatic rings. The van der Waals surface area contributed by atoms with Gasteiger partial charge in [-0.15, -0.1) is 0 Å². The molecule has 0 aromatic heterocycles. The number of methoxy groups -OCH3 is 1. The molecule has 2 heterocycles. The van der Waals surface area contributed by atoms with Gasteiger partial charge >= 0.3 is 51.9 Å². The van der Waals surface area contributed by atoms with Crippen LogP contribution in [0.4, 0.5) is 4.79 Å². The number of fused-ring (bicyclic) bond motifs is 1. The zero-order valence-corrected chi connectivity index (χ0v) is 15.0. The number of hydrogen-bond acceptors (Lipinski definition) is 7. The van der Waals surface area contributed by atoms with Gasteiger partial charge in [-0.25, -0.2) is 13.9 Å². The molecule has 146 valence electrons. The molecule has 28 heavy (non-hydrogen) atoms. The van der Waals surface area contributed by atoms with Crippen molar-refractivity contribution >= 4 is 57.8 Å². The average Bonchev–Trinajstić information content (AvgIpc) is 2.92. The molecule has 1 aromatic carbocycles. The maximum absolute atomic E-state index is 12.4. The van der Waals surface area contributed by atoms with Crippen LogP contribution in [0.2, 0.25) is 0 Å². The van der Waals surface area contributed by atoms with E-state index in [1.165, 1.54) is 0 Å². The number of rotatable bonds is 4. The molecule has 0 unspecified atom stereocenters. The Morgan fingerprint density at radius 2 is 1.89 bits per heavy atom. The van der Waals surface area contributed by atoms with Crippen molar-refractivity contribution in [2.45, 2.75) is 18.7 Å². The van der Waals surface area contributed by atoms with Crippen LogP contribution in [0.25, 0.3) is 0 Å². The molecular weight excluding hydrogens is 403 g/mol. The van der Waals surface area contributed by atoms with Crippen LogP contribution in [0, 0.1) is 0 Å². The summed E-state index contributed by atoms with van der Waals surface area (Å²) in [7, 11) is -3.71. The van der Waals surface area contributed by atoms with E-state index >= 15 is 0 Å². The van der Waals surface area contributed by atoms with E-state index in [9.17, 15) is 27.4 Å². The van der Waals surface area contributed by atoms with Gasteiger partial charge in [-0.1, -0.05) is 30.3 Å². The molecule has 3 rings (SSSR count). The van der Waals surface area contributed by atoms with Crippen molar-refractivity contribution in [1.29, 1.82) is 0 Å². The van der Waals surface area contributed by atoms with Gasteiger partial charge in [0.1, 0.15) is 18.7 Å². The Balaban J connectivity index is 0.00000280. The predicted octanol–water partition coefficient (Wildman–Crippen LogP) is -0.528. The van der Waals surface area contributed by atoms with Crippen molar-refractivity contribution in [3.05, 3.63) is 47.5 Å². The summed E-state index contributed by atoms with van der Waals surface area (Å²) >= 11 is 0. The Hall–Kier alpha value is -1.92. The Kier molecular flexibility index (Phi) is 6.88.